The van der Waals surface area contributed by atoms with Gasteiger partial charge in [-0.15, -0.1) is 0 Å². The second kappa shape index (κ2) is 4.19. The molecular formula is C13H15ClN2. The van der Waals surface area contributed by atoms with Crippen molar-refractivity contribution in [1.82, 2.24) is 10.3 Å². The van der Waals surface area contributed by atoms with Crippen LogP contribution in [0.5, 0.6) is 0 Å². The number of halogens is 1. The van der Waals surface area contributed by atoms with Gasteiger partial charge in [-0.2, -0.15) is 0 Å². The van der Waals surface area contributed by atoms with Crippen LogP contribution < -0.4 is 5.32 Å². The molecule has 84 valence electrons. The topological polar surface area (TPSA) is 24.9 Å². The van der Waals surface area contributed by atoms with Crippen LogP contribution in [-0.2, 0) is 0 Å². The minimum Gasteiger partial charge on any atom is -0.310 e. The third kappa shape index (κ3) is 1.87. The summed E-state index contributed by atoms with van der Waals surface area (Å²) in [5.74, 6) is 0.780. The summed E-state index contributed by atoms with van der Waals surface area (Å²) >= 11 is 5.97. The molecule has 2 heterocycles. The molecule has 3 rings (SSSR count). The standard InChI is InChI=1S/C13H15ClN2/c14-12-5-11(7-15-8-12)10-4-9-2-1-3-16-13(9)6-10/h5-9,13,16H,1-4H2. The van der Waals surface area contributed by atoms with Crippen LogP contribution in [0.1, 0.15) is 24.8 Å². The fraction of sp³-hybridized carbons (Fsp3) is 0.462. The highest BCUT2D eigenvalue weighted by Gasteiger charge is 2.29. The first kappa shape index (κ1) is 10.3. The molecule has 0 amide bonds. The van der Waals surface area contributed by atoms with Gasteiger partial charge in [-0.25, -0.2) is 0 Å². The van der Waals surface area contributed by atoms with Crippen molar-refractivity contribution in [2.75, 3.05) is 6.54 Å². The molecule has 0 spiro atoms. The number of fused-ring (bicyclic) bond motifs is 1. The summed E-state index contributed by atoms with van der Waals surface area (Å²) in [6, 6.07) is 2.58. The van der Waals surface area contributed by atoms with Crippen molar-refractivity contribution in [2.45, 2.75) is 25.3 Å². The second-order valence-electron chi connectivity index (χ2n) is 4.67. The van der Waals surface area contributed by atoms with E-state index in [4.69, 9.17) is 11.6 Å². The SMILES string of the molecule is Clc1cncc(C2=CC3NCCCC3C2)c1. The molecule has 2 aliphatic rings. The van der Waals surface area contributed by atoms with E-state index in [1.54, 1.807) is 6.20 Å². The van der Waals surface area contributed by atoms with Crippen molar-refractivity contribution in [3.63, 3.8) is 0 Å². The molecule has 0 saturated carbocycles. The molecule has 1 fully saturated rings. The lowest BCUT2D eigenvalue weighted by atomic mass is 9.92. The summed E-state index contributed by atoms with van der Waals surface area (Å²) in [7, 11) is 0. The van der Waals surface area contributed by atoms with Crippen LogP contribution in [0.4, 0.5) is 0 Å². The van der Waals surface area contributed by atoms with Crippen molar-refractivity contribution in [2.24, 2.45) is 5.92 Å². The van der Waals surface area contributed by atoms with E-state index in [1.807, 2.05) is 12.3 Å². The van der Waals surface area contributed by atoms with Gasteiger partial charge in [-0.3, -0.25) is 4.98 Å². The van der Waals surface area contributed by atoms with Gasteiger partial charge in [0.2, 0.25) is 0 Å². The molecule has 3 heteroatoms. The van der Waals surface area contributed by atoms with E-state index in [1.165, 1.54) is 30.4 Å². The first-order valence-electron chi connectivity index (χ1n) is 5.88. The van der Waals surface area contributed by atoms with Crippen molar-refractivity contribution >= 4 is 17.2 Å². The molecule has 2 nitrogen and oxygen atoms in total. The summed E-state index contributed by atoms with van der Waals surface area (Å²) in [6.07, 6.45) is 9.76. The highest BCUT2D eigenvalue weighted by atomic mass is 35.5. The zero-order valence-corrected chi connectivity index (χ0v) is 9.87. The highest BCUT2D eigenvalue weighted by molar-refractivity contribution is 6.30. The van der Waals surface area contributed by atoms with E-state index >= 15 is 0 Å². The molecule has 0 bridgehead atoms. The minimum atomic E-state index is 0.572. The summed E-state index contributed by atoms with van der Waals surface area (Å²) in [5, 5.41) is 4.29. The summed E-state index contributed by atoms with van der Waals surface area (Å²) in [5.41, 5.74) is 2.59. The maximum absolute atomic E-state index is 5.97. The zero-order chi connectivity index (χ0) is 11.0. The molecule has 1 aliphatic carbocycles. The normalized spacial score (nSPS) is 28.7. The predicted octanol–water partition coefficient (Wildman–Crippen LogP) is 2.89. The number of allylic oxidation sites excluding steroid dienone is 1. The lowest BCUT2D eigenvalue weighted by Gasteiger charge is -2.25. The number of hydrogen-bond acceptors (Lipinski definition) is 2. The lowest BCUT2D eigenvalue weighted by molar-refractivity contribution is 0.341. The van der Waals surface area contributed by atoms with Gasteiger partial charge in [-0.1, -0.05) is 17.7 Å². The number of rotatable bonds is 1. The van der Waals surface area contributed by atoms with Crippen LogP contribution in [0.3, 0.4) is 0 Å². The van der Waals surface area contributed by atoms with E-state index < -0.39 is 0 Å². The summed E-state index contributed by atoms with van der Waals surface area (Å²) in [6.45, 7) is 1.15. The van der Waals surface area contributed by atoms with Crippen LogP contribution in [0.2, 0.25) is 5.02 Å². The Morgan fingerprint density at radius 2 is 2.31 bits per heavy atom. The molecule has 1 aromatic rings. The Morgan fingerprint density at radius 3 is 3.12 bits per heavy atom. The minimum absolute atomic E-state index is 0.572. The van der Waals surface area contributed by atoms with E-state index in [0.29, 0.717) is 6.04 Å². The fourth-order valence-electron chi connectivity index (χ4n) is 2.77. The molecule has 0 aromatic carbocycles. The highest BCUT2D eigenvalue weighted by Crippen LogP contribution is 2.36. The van der Waals surface area contributed by atoms with Gasteiger partial charge < -0.3 is 5.32 Å². The van der Waals surface area contributed by atoms with Crippen LogP contribution >= 0.6 is 11.6 Å². The smallest absolute Gasteiger partial charge is 0.0595 e. The Morgan fingerprint density at radius 1 is 1.38 bits per heavy atom. The van der Waals surface area contributed by atoms with Crippen LogP contribution in [0, 0.1) is 5.92 Å². The largest absolute Gasteiger partial charge is 0.310 e. The van der Waals surface area contributed by atoms with Gasteiger partial charge >= 0.3 is 0 Å². The number of aromatic nitrogens is 1. The molecule has 1 N–H and O–H groups in total. The van der Waals surface area contributed by atoms with E-state index in [0.717, 1.165) is 17.5 Å². The molecule has 2 unspecified atom stereocenters. The number of nitrogens with one attached hydrogen (secondary N) is 1. The third-order valence-electron chi connectivity index (χ3n) is 3.58. The summed E-state index contributed by atoms with van der Waals surface area (Å²) in [4.78, 5) is 4.15. The van der Waals surface area contributed by atoms with Gasteiger partial charge in [-0.05, 0) is 48.9 Å². The quantitative estimate of drug-likeness (QED) is 0.808. The molecule has 1 saturated heterocycles. The van der Waals surface area contributed by atoms with Gasteiger partial charge in [0, 0.05) is 18.4 Å². The van der Waals surface area contributed by atoms with Crippen molar-refractivity contribution in [1.29, 1.82) is 0 Å². The number of pyridine rings is 1. The number of hydrogen-bond donors (Lipinski definition) is 1. The number of nitrogens with zero attached hydrogens (tertiary/aromatic N) is 1. The molecule has 1 aromatic heterocycles. The van der Waals surface area contributed by atoms with Crippen LogP contribution in [0.15, 0.2) is 24.5 Å². The Hall–Kier alpha value is -0.860. The number of piperidine rings is 1. The first-order chi connectivity index (χ1) is 7.83. The average molecular weight is 235 g/mol. The Labute approximate surface area is 101 Å². The van der Waals surface area contributed by atoms with E-state index in [9.17, 15) is 0 Å². The van der Waals surface area contributed by atoms with Crippen LogP contribution in [-0.4, -0.2) is 17.6 Å². The van der Waals surface area contributed by atoms with Crippen molar-refractivity contribution in [3.05, 3.63) is 35.1 Å². The average Bonchev–Trinajstić information content (AvgIpc) is 2.72. The van der Waals surface area contributed by atoms with Gasteiger partial charge in [0.25, 0.3) is 0 Å². The van der Waals surface area contributed by atoms with E-state index in [2.05, 4.69) is 16.4 Å². The molecule has 0 radical (unpaired) electrons. The third-order valence-corrected chi connectivity index (χ3v) is 3.78. The Balaban J connectivity index is 1.86. The first-order valence-corrected chi connectivity index (χ1v) is 6.26. The Bertz CT molecular complexity index is 428. The van der Waals surface area contributed by atoms with E-state index in [-0.39, 0.29) is 0 Å². The fourth-order valence-corrected chi connectivity index (χ4v) is 2.95. The van der Waals surface area contributed by atoms with Crippen LogP contribution in [0.25, 0.3) is 5.57 Å². The van der Waals surface area contributed by atoms with Gasteiger partial charge in [0.15, 0.2) is 0 Å². The van der Waals surface area contributed by atoms with Crippen molar-refractivity contribution < 1.29 is 0 Å². The monoisotopic (exact) mass is 234 g/mol. The van der Waals surface area contributed by atoms with Crippen molar-refractivity contribution in [3.8, 4) is 0 Å². The maximum atomic E-state index is 5.97. The van der Waals surface area contributed by atoms with Gasteiger partial charge in [0.05, 0.1) is 5.02 Å². The second-order valence-corrected chi connectivity index (χ2v) is 5.11. The lowest BCUT2D eigenvalue weighted by Crippen LogP contribution is -2.37. The molecular weight excluding hydrogens is 220 g/mol. The molecule has 16 heavy (non-hydrogen) atoms. The molecule has 1 aliphatic heterocycles. The summed E-state index contributed by atoms with van der Waals surface area (Å²) < 4.78 is 0. The zero-order valence-electron chi connectivity index (χ0n) is 9.12. The maximum Gasteiger partial charge on any atom is 0.0595 e. The molecule has 2 atom stereocenters. The predicted molar refractivity (Wildman–Crippen MR) is 66.4 cm³/mol. The Kier molecular flexibility index (Phi) is 2.70. The van der Waals surface area contributed by atoms with Gasteiger partial charge in [0.1, 0.15) is 0 Å².